The maximum Gasteiger partial charge on any atom is 0.223 e. The van der Waals surface area contributed by atoms with Crippen molar-refractivity contribution in [1.82, 2.24) is 10.3 Å². The molecule has 0 fully saturated rings. The largest absolute Gasteiger partial charge is 0.439 e. The molecule has 1 aromatic carbocycles. The van der Waals surface area contributed by atoms with E-state index < -0.39 is 0 Å². The minimum Gasteiger partial charge on any atom is -0.439 e. The van der Waals surface area contributed by atoms with Gasteiger partial charge in [0, 0.05) is 17.6 Å². The first-order valence-corrected chi connectivity index (χ1v) is 6.97. The highest BCUT2D eigenvalue weighted by Crippen LogP contribution is 2.24. The second-order valence-corrected chi connectivity index (χ2v) is 6.14. The molecule has 0 aliphatic heterocycles. The minimum absolute atomic E-state index is 0.0626. The van der Waals surface area contributed by atoms with Gasteiger partial charge in [0.25, 0.3) is 0 Å². The summed E-state index contributed by atoms with van der Waals surface area (Å²) in [7, 11) is 0. The zero-order chi connectivity index (χ0) is 15.5. The van der Waals surface area contributed by atoms with Crippen molar-refractivity contribution in [1.29, 1.82) is 0 Å². The van der Waals surface area contributed by atoms with Gasteiger partial charge < -0.3 is 10.1 Å². The van der Waals surface area contributed by atoms with Crippen molar-refractivity contribution in [3.63, 3.8) is 0 Å². The number of halogens is 1. The van der Waals surface area contributed by atoms with Crippen LogP contribution in [0.1, 0.15) is 31.9 Å². The molecule has 1 heterocycles. The predicted molar refractivity (Wildman–Crippen MR) is 82.0 cm³/mol. The van der Waals surface area contributed by atoms with Gasteiger partial charge in [-0.1, -0.05) is 12.1 Å². The quantitative estimate of drug-likeness (QED) is 0.915. The standard InChI is InChI=1S/C17H21FN2O/c1-12-6-5-7-15(8-12)21-16-13(9-14(18)11-19-16)10-20-17(2,3)4/h5-9,11,20H,10H2,1-4H3. The van der Waals surface area contributed by atoms with E-state index in [0.717, 1.165) is 5.56 Å². The number of pyridine rings is 1. The third-order valence-electron chi connectivity index (χ3n) is 2.91. The predicted octanol–water partition coefficient (Wildman–Crippen LogP) is 4.21. The highest BCUT2D eigenvalue weighted by molar-refractivity contribution is 5.34. The van der Waals surface area contributed by atoms with E-state index in [1.54, 1.807) is 0 Å². The number of aryl methyl sites for hydroxylation is 1. The Morgan fingerprint density at radius 1 is 1.24 bits per heavy atom. The number of hydrogen-bond acceptors (Lipinski definition) is 3. The summed E-state index contributed by atoms with van der Waals surface area (Å²) in [6.07, 6.45) is 1.17. The molecule has 0 aliphatic rings. The van der Waals surface area contributed by atoms with E-state index in [-0.39, 0.29) is 11.4 Å². The summed E-state index contributed by atoms with van der Waals surface area (Å²) in [5.41, 5.74) is 1.74. The smallest absolute Gasteiger partial charge is 0.223 e. The Morgan fingerprint density at radius 3 is 2.67 bits per heavy atom. The van der Waals surface area contributed by atoms with Gasteiger partial charge in [-0.15, -0.1) is 0 Å². The summed E-state index contributed by atoms with van der Waals surface area (Å²) in [4.78, 5) is 4.07. The Balaban J connectivity index is 2.22. The summed E-state index contributed by atoms with van der Waals surface area (Å²) in [6, 6.07) is 9.15. The van der Waals surface area contributed by atoms with Crippen LogP contribution in [0.3, 0.4) is 0 Å². The van der Waals surface area contributed by atoms with Gasteiger partial charge >= 0.3 is 0 Å². The fraction of sp³-hybridized carbons (Fsp3) is 0.353. The number of ether oxygens (including phenoxy) is 1. The molecule has 4 heteroatoms. The van der Waals surface area contributed by atoms with E-state index in [4.69, 9.17) is 4.74 Å². The van der Waals surface area contributed by atoms with Crippen LogP contribution in [-0.2, 0) is 6.54 Å². The normalized spacial score (nSPS) is 11.5. The summed E-state index contributed by atoms with van der Waals surface area (Å²) >= 11 is 0. The van der Waals surface area contributed by atoms with Gasteiger partial charge in [-0.25, -0.2) is 9.37 Å². The molecule has 3 nitrogen and oxygen atoms in total. The molecule has 0 atom stereocenters. The van der Waals surface area contributed by atoms with Crippen molar-refractivity contribution in [2.75, 3.05) is 0 Å². The van der Waals surface area contributed by atoms with Crippen LogP contribution >= 0.6 is 0 Å². The highest BCUT2D eigenvalue weighted by Gasteiger charge is 2.13. The van der Waals surface area contributed by atoms with Gasteiger partial charge in [0.1, 0.15) is 11.6 Å². The van der Waals surface area contributed by atoms with Crippen LogP contribution in [0, 0.1) is 12.7 Å². The molecule has 112 valence electrons. The van der Waals surface area contributed by atoms with Crippen LogP contribution in [0.2, 0.25) is 0 Å². The van der Waals surface area contributed by atoms with Crippen LogP contribution in [-0.4, -0.2) is 10.5 Å². The maximum absolute atomic E-state index is 13.4. The van der Waals surface area contributed by atoms with E-state index >= 15 is 0 Å². The minimum atomic E-state index is -0.364. The molecular formula is C17H21FN2O. The molecule has 0 radical (unpaired) electrons. The summed E-state index contributed by atoms with van der Waals surface area (Å²) < 4.78 is 19.2. The van der Waals surface area contributed by atoms with Crippen molar-refractivity contribution in [3.05, 3.63) is 53.5 Å². The number of benzene rings is 1. The fourth-order valence-electron chi connectivity index (χ4n) is 1.84. The lowest BCUT2D eigenvalue weighted by Crippen LogP contribution is -2.35. The first kappa shape index (κ1) is 15.4. The molecule has 0 saturated carbocycles. The topological polar surface area (TPSA) is 34.1 Å². The zero-order valence-electron chi connectivity index (χ0n) is 12.9. The van der Waals surface area contributed by atoms with E-state index in [2.05, 4.69) is 31.1 Å². The number of aromatic nitrogens is 1. The summed E-state index contributed by atoms with van der Waals surface area (Å²) in [5.74, 6) is 0.766. The van der Waals surface area contributed by atoms with Crippen LogP contribution < -0.4 is 10.1 Å². The number of nitrogens with one attached hydrogen (secondary N) is 1. The van der Waals surface area contributed by atoms with Gasteiger partial charge in [0.2, 0.25) is 5.88 Å². The molecule has 21 heavy (non-hydrogen) atoms. The molecule has 0 unspecified atom stereocenters. The Bertz CT molecular complexity index is 620. The van der Waals surface area contributed by atoms with Crippen molar-refractivity contribution >= 4 is 0 Å². The first-order chi connectivity index (χ1) is 9.83. The molecule has 0 aliphatic carbocycles. The molecule has 2 aromatic rings. The molecule has 2 rings (SSSR count). The van der Waals surface area contributed by atoms with Crippen molar-refractivity contribution in [3.8, 4) is 11.6 Å². The Morgan fingerprint density at radius 2 is 2.00 bits per heavy atom. The van der Waals surface area contributed by atoms with Crippen LogP contribution in [0.15, 0.2) is 36.5 Å². The average molecular weight is 288 g/mol. The van der Waals surface area contributed by atoms with Gasteiger partial charge in [-0.2, -0.15) is 0 Å². The molecule has 0 amide bonds. The summed E-state index contributed by atoms with van der Waals surface area (Å²) in [6.45, 7) is 8.66. The lowest BCUT2D eigenvalue weighted by molar-refractivity contribution is 0.407. The second-order valence-electron chi connectivity index (χ2n) is 6.14. The molecule has 0 saturated heterocycles. The SMILES string of the molecule is Cc1cccc(Oc2ncc(F)cc2CNC(C)(C)C)c1. The number of rotatable bonds is 4. The molecule has 1 aromatic heterocycles. The lowest BCUT2D eigenvalue weighted by atomic mass is 10.1. The maximum atomic E-state index is 13.4. The third-order valence-corrected chi connectivity index (χ3v) is 2.91. The van der Waals surface area contributed by atoms with E-state index in [1.807, 2.05) is 31.2 Å². The van der Waals surface area contributed by atoms with E-state index in [9.17, 15) is 4.39 Å². The van der Waals surface area contributed by atoms with Crippen LogP contribution in [0.25, 0.3) is 0 Å². The number of hydrogen-bond donors (Lipinski definition) is 1. The van der Waals surface area contributed by atoms with Crippen LogP contribution in [0.4, 0.5) is 4.39 Å². The molecule has 1 N–H and O–H groups in total. The van der Waals surface area contributed by atoms with Crippen molar-refractivity contribution in [2.45, 2.75) is 39.8 Å². The second kappa shape index (κ2) is 6.22. The molecular weight excluding hydrogens is 267 g/mol. The van der Waals surface area contributed by atoms with Gasteiger partial charge in [-0.3, -0.25) is 0 Å². The van der Waals surface area contributed by atoms with E-state index in [1.165, 1.54) is 12.3 Å². The highest BCUT2D eigenvalue weighted by atomic mass is 19.1. The first-order valence-electron chi connectivity index (χ1n) is 6.97. The summed E-state index contributed by atoms with van der Waals surface area (Å²) in [5, 5.41) is 3.32. The lowest BCUT2D eigenvalue weighted by Gasteiger charge is -2.21. The zero-order valence-corrected chi connectivity index (χ0v) is 12.9. The number of nitrogens with zero attached hydrogens (tertiary/aromatic N) is 1. The Hall–Kier alpha value is -1.94. The van der Waals surface area contributed by atoms with Crippen molar-refractivity contribution < 1.29 is 9.13 Å². The van der Waals surface area contributed by atoms with Gasteiger partial charge in [-0.05, 0) is 51.5 Å². The third kappa shape index (κ3) is 4.83. The van der Waals surface area contributed by atoms with Crippen LogP contribution in [0.5, 0.6) is 11.6 Å². The molecule has 0 bridgehead atoms. The van der Waals surface area contributed by atoms with Gasteiger partial charge in [0.05, 0.1) is 6.20 Å². The molecule has 0 spiro atoms. The monoisotopic (exact) mass is 288 g/mol. The van der Waals surface area contributed by atoms with E-state index in [0.29, 0.717) is 23.7 Å². The van der Waals surface area contributed by atoms with Gasteiger partial charge in [0.15, 0.2) is 0 Å². The van der Waals surface area contributed by atoms with Crippen molar-refractivity contribution in [2.24, 2.45) is 0 Å². The Kier molecular flexibility index (Phi) is 4.58. The average Bonchev–Trinajstić information content (AvgIpc) is 2.38. The Labute approximate surface area is 125 Å². The fourth-order valence-corrected chi connectivity index (χ4v) is 1.84.